The second-order valence-corrected chi connectivity index (χ2v) is 8.90. The Bertz CT molecular complexity index is 1130. The molecule has 1 aliphatic carbocycles. The number of benzene rings is 1. The summed E-state index contributed by atoms with van der Waals surface area (Å²) in [5.74, 6) is 0.584. The molecule has 3 N–H and O–H groups in total. The third-order valence-electron chi connectivity index (χ3n) is 6.52. The van der Waals surface area contributed by atoms with Crippen LogP contribution in [0.2, 0.25) is 0 Å². The molecule has 1 amide bonds. The van der Waals surface area contributed by atoms with Crippen LogP contribution in [-0.2, 0) is 17.5 Å². The minimum absolute atomic E-state index is 0.0295. The molecule has 2 aromatic rings. The quantitative estimate of drug-likeness (QED) is 0.513. The van der Waals surface area contributed by atoms with Crippen molar-refractivity contribution in [2.24, 2.45) is 0 Å². The molecule has 1 unspecified atom stereocenters. The minimum atomic E-state index is -4.57. The van der Waals surface area contributed by atoms with E-state index >= 15 is 0 Å². The Balaban J connectivity index is 1.58. The topological polar surface area (TPSA) is 103 Å². The molecule has 1 aliphatic heterocycles. The number of aliphatic hydroxyl groups is 1. The van der Waals surface area contributed by atoms with E-state index in [9.17, 15) is 23.1 Å². The lowest BCUT2D eigenvalue weighted by molar-refractivity contribution is -0.137. The number of methoxy groups -OCH3 is 1. The van der Waals surface area contributed by atoms with E-state index in [4.69, 9.17) is 4.74 Å². The molecule has 12 heteroatoms. The molecule has 0 bridgehead atoms. The van der Waals surface area contributed by atoms with Gasteiger partial charge in [0.2, 0.25) is 18.2 Å². The molecular weight excluding hydrogens is 477 g/mol. The summed E-state index contributed by atoms with van der Waals surface area (Å²) in [4.78, 5) is 23.7. The van der Waals surface area contributed by atoms with Gasteiger partial charge < -0.3 is 30.3 Å². The summed E-state index contributed by atoms with van der Waals surface area (Å²) in [5.41, 5.74) is -0.0966. The Morgan fingerprint density at radius 1 is 1.25 bits per heavy atom. The number of nitrogens with zero attached hydrogens (tertiary/aromatic N) is 4. The number of nitrogens with one attached hydrogen (secondary N) is 2. The maximum atomic E-state index is 13.4. The number of amides is 1. The molecule has 1 aromatic heterocycles. The monoisotopic (exact) mass is 506 g/mol. The molecule has 194 valence electrons. The van der Waals surface area contributed by atoms with Crippen molar-refractivity contribution >= 4 is 23.4 Å². The van der Waals surface area contributed by atoms with Crippen LogP contribution in [0, 0.1) is 0 Å². The van der Waals surface area contributed by atoms with E-state index in [2.05, 4.69) is 27.2 Å². The molecular formula is C24H29F3N6O3. The summed E-state index contributed by atoms with van der Waals surface area (Å²) >= 11 is 0. The highest BCUT2D eigenvalue weighted by Crippen LogP contribution is 2.38. The normalized spacial score (nSPS) is 22.0. The van der Waals surface area contributed by atoms with E-state index in [0.717, 1.165) is 37.8 Å². The summed E-state index contributed by atoms with van der Waals surface area (Å²) < 4.78 is 45.3. The standard InChI is InChI=1S/C24H29F3N6O3/c1-4-20(34)29-18-7-5-6-8-19(18)30-22-28-12-14-13-33(23(35)32(2)21(14)31-22)16-9-15(24(25,26)27)10-17(11-16)36-3/h4,9-12,18-19,23,35H,1,5-8,13H2,2-3H3,(H,29,34)(H,28,30,31)/t18-,19+,23?/m0/s1. The fourth-order valence-corrected chi connectivity index (χ4v) is 4.61. The Morgan fingerprint density at radius 2 is 1.97 bits per heavy atom. The van der Waals surface area contributed by atoms with Crippen molar-refractivity contribution in [2.45, 2.75) is 56.8 Å². The van der Waals surface area contributed by atoms with E-state index in [0.29, 0.717) is 17.3 Å². The SMILES string of the molecule is C=CC(=O)N[C@H]1CCCC[C@H]1Nc1ncc2c(n1)N(C)C(O)N(c1cc(OC)cc(C(F)(F)F)c1)C2. The van der Waals surface area contributed by atoms with Gasteiger partial charge in [-0.3, -0.25) is 4.79 Å². The van der Waals surface area contributed by atoms with Gasteiger partial charge in [0, 0.05) is 42.6 Å². The summed E-state index contributed by atoms with van der Waals surface area (Å²) in [6.45, 7) is 3.59. The molecule has 1 fully saturated rings. The fraction of sp³-hybridized carbons (Fsp3) is 0.458. The maximum Gasteiger partial charge on any atom is 0.416 e. The van der Waals surface area contributed by atoms with E-state index < -0.39 is 18.1 Å². The van der Waals surface area contributed by atoms with Crippen LogP contribution in [0.4, 0.5) is 30.6 Å². The lowest BCUT2D eigenvalue weighted by atomic mass is 9.90. The van der Waals surface area contributed by atoms with Gasteiger partial charge in [0.15, 0.2) is 0 Å². The predicted molar refractivity (Wildman–Crippen MR) is 129 cm³/mol. The van der Waals surface area contributed by atoms with Gasteiger partial charge in [-0.25, -0.2) is 4.98 Å². The average Bonchev–Trinajstić information content (AvgIpc) is 2.86. The Kier molecular flexibility index (Phi) is 7.25. The second-order valence-electron chi connectivity index (χ2n) is 8.90. The number of aliphatic hydroxyl groups excluding tert-OH is 1. The lowest BCUT2D eigenvalue weighted by Gasteiger charge is -2.41. The minimum Gasteiger partial charge on any atom is -0.497 e. The molecule has 0 saturated heterocycles. The Morgan fingerprint density at radius 3 is 2.64 bits per heavy atom. The van der Waals surface area contributed by atoms with E-state index in [-0.39, 0.29) is 36.0 Å². The maximum absolute atomic E-state index is 13.4. The summed E-state index contributed by atoms with van der Waals surface area (Å²) in [6, 6.07) is 3.15. The van der Waals surface area contributed by atoms with Crippen LogP contribution in [0.3, 0.4) is 0 Å². The first-order valence-corrected chi connectivity index (χ1v) is 11.6. The zero-order valence-electron chi connectivity index (χ0n) is 20.0. The lowest BCUT2D eigenvalue weighted by Crippen LogP contribution is -2.51. The molecule has 0 spiro atoms. The smallest absolute Gasteiger partial charge is 0.416 e. The molecule has 1 aromatic carbocycles. The number of anilines is 3. The number of carbonyl (C=O) groups is 1. The number of ether oxygens (including phenoxy) is 1. The highest BCUT2D eigenvalue weighted by Gasteiger charge is 2.35. The number of aromatic nitrogens is 2. The van der Waals surface area contributed by atoms with Gasteiger partial charge in [-0.2, -0.15) is 18.2 Å². The van der Waals surface area contributed by atoms with Gasteiger partial charge in [0.25, 0.3) is 0 Å². The van der Waals surface area contributed by atoms with Crippen LogP contribution in [0.25, 0.3) is 0 Å². The summed E-state index contributed by atoms with van der Waals surface area (Å²) in [5, 5.41) is 17.2. The van der Waals surface area contributed by atoms with Crippen molar-refractivity contribution in [3.63, 3.8) is 0 Å². The Labute approximate surface area is 207 Å². The van der Waals surface area contributed by atoms with Crippen LogP contribution in [0.1, 0.15) is 36.8 Å². The second kappa shape index (κ2) is 10.2. The Hall–Kier alpha value is -3.54. The van der Waals surface area contributed by atoms with Gasteiger partial charge in [0.05, 0.1) is 19.2 Å². The molecule has 36 heavy (non-hydrogen) atoms. The van der Waals surface area contributed by atoms with Gasteiger partial charge in [-0.05, 0) is 31.1 Å². The number of hydrogen-bond donors (Lipinski definition) is 3. The molecule has 3 atom stereocenters. The first kappa shape index (κ1) is 25.5. The number of halogens is 3. The third-order valence-corrected chi connectivity index (χ3v) is 6.52. The number of rotatable bonds is 6. The zero-order valence-corrected chi connectivity index (χ0v) is 20.0. The molecule has 2 aliphatic rings. The van der Waals surface area contributed by atoms with Gasteiger partial charge in [0.1, 0.15) is 11.6 Å². The number of alkyl halides is 3. The van der Waals surface area contributed by atoms with E-state index in [1.54, 1.807) is 13.2 Å². The van der Waals surface area contributed by atoms with Crippen molar-refractivity contribution in [1.82, 2.24) is 15.3 Å². The fourth-order valence-electron chi connectivity index (χ4n) is 4.61. The van der Waals surface area contributed by atoms with Crippen molar-refractivity contribution in [3.8, 4) is 5.75 Å². The van der Waals surface area contributed by atoms with Crippen molar-refractivity contribution in [2.75, 3.05) is 29.3 Å². The zero-order chi connectivity index (χ0) is 26.0. The number of fused-ring (bicyclic) bond motifs is 1. The van der Waals surface area contributed by atoms with Gasteiger partial charge in [-0.15, -0.1) is 0 Å². The number of carbonyl (C=O) groups excluding carboxylic acids is 1. The highest BCUT2D eigenvalue weighted by molar-refractivity contribution is 5.87. The first-order chi connectivity index (χ1) is 17.1. The number of hydrogen-bond acceptors (Lipinski definition) is 8. The predicted octanol–water partition coefficient (Wildman–Crippen LogP) is 3.26. The average molecular weight is 507 g/mol. The van der Waals surface area contributed by atoms with Crippen LogP contribution in [0.5, 0.6) is 5.75 Å². The highest BCUT2D eigenvalue weighted by atomic mass is 19.4. The largest absolute Gasteiger partial charge is 0.497 e. The third kappa shape index (κ3) is 5.32. The molecule has 1 saturated carbocycles. The molecule has 4 rings (SSSR count). The molecule has 2 heterocycles. The van der Waals surface area contributed by atoms with E-state index in [1.165, 1.54) is 29.1 Å². The van der Waals surface area contributed by atoms with Crippen molar-refractivity contribution in [3.05, 3.63) is 48.2 Å². The molecule has 0 radical (unpaired) electrons. The van der Waals surface area contributed by atoms with Crippen LogP contribution >= 0.6 is 0 Å². The molecule has 9 nitrogen and oxygen atoms in total. The van der Waals surface area contributed by atoms with E-state index in [1.807, 2.05) is 0 Å². The summed E-state index contributed by atoms with van der Waals surface area (Å²) in [7, 11) is 2.89. The first-order valence-electron chi connectivity index (χ1n) is 11.6. The summed E-state index contributed by atoms with van der Waals surface area (Å²) in [6.07, 6.45) is 0.617. The van der Waals surface area contributed by atoms with Crippen LogP contribution < -0.4 is 25.2 Å². The van der Waals surface area contributed by atoms with Crippen molar-refractivity contribution in [1.29, 1.82) is 0 Å². The van der Waals surface area contributed by atoms with Gasteiger partial charge >= 0.3 is 6.18 Å². The van der Waals surface area contributed by atoms with Crippen molar-refractivity contribution < 1.29 is 27.8 Å². The van der Waals surface area contributed by atoms with Crippen LogP contribution in [0.15, 0.2) is 37.1 Å². The van der Waals surface area contributed by atoms with Crippen LogP contribution in [-0.4, -0.2) is 53.6 Å². The van der Waals surface area contributed by atoms with Gasteiger partial charge in [-0.1, -0.05) is 19.4 Å².